The minimum atomic E-state index is -3.29. The molecule has 1 N–H and O–H groups in total. The van der Waals surface area contributed by atoms with E-state index < -0.39 is 10.0 Å². The van der Waals surface area contributed by atoms with Gasteiger partial charge in [-0.1, -0.05) is 6.42 Å². The number of sulfonamides is 1. The minimum absolute atomic E-state index is 0.123. The molecule has 0 radical (unpaired) electrons. The largest absolute Gasteiger partial charge is 0.352 e. The number of carbonyl (C=O) groups excluding carboxylic acids is 1. The average Bonchev–Trinajstić information content (AvgIpc) is 2.58. The van der Waals surface area contributed by atoms with Crippen molar-refractivity contribution in [2.45, 2.75) is 25.7 Å². The number of likely N-dealkylation sites (tertiary alicyclic amines) is 1. The number of anilines is 1. The van der Waals surface area contributed by atoms with Gasteiger partial charge in [-0.25, -0.2) is 8.42 Å². The van der Waals surface area contributed by atoms with Gasteiger partial charge in [-0.15, -0.1) is 0 Å². The van der Waals surface area contributed by atoms with Crippen LogP contribution in [0.4, 0.5) is 5.69 Å². The van der Waals surface area contributed by atoms with E-state index in [4.69, 9.17) is 0 Å². The van der Waals surface area contributed by atoms with Gasteiger partial charge in [0.25, 0.3) is 5.91 Å². The highest BCUT2D eigenvalue weighted by Gasteiger charge is 2.13. The van der Waals surface area contributed by atoms with Crippen LogP contribution in [0.2, 0.25) is 0 Å². The molecule has 1 heterocycles. The lowest BCUT2D eigenvalue weighted by Crippen LogP contribution is -2.33. The van der Waals surface area contributed by atoms with Crippen molar-refractivity contribution in [1.29, 1.82) is 0 Å². The van der Waals surface area contributed by atoms with Gasteiger partial charge in [-0.05, 0) is 63.2 Å². The van der Waals surface area contributed by atoms with Crippen LogP contribution in [-0.2, 0) is 10.0 Å². The summed E-state index contributed by atoms with van der Waals surface area (Å²) in [6.45, 7) is 4.02. The number of carbonyl (C=O) groups is 1. The molecule has 24 heavy (non-hydrogen) atoms. The summed E-state index contributed by atoms with van der Waals surface area (Å²) < 4.78 is 24.2. The molecular formula is C17H27N3O3S. The van der Waals surface area contributed by atoms with Gasteiger partial charge in [0.15, 0.2) is 0 Å². The molecule has 6 nitrogen and oxygen atoms in total. The zero-order valence-electron chi connectivity index (χ0n) is 14.5. The second kappa shape index (κ2) is 8.48. The maximum Gasteiger partial charge on any atom is 0.251 e. The number of benzene rings is 1. The number of nitrogens with one attached hydrogen (secondary N) is 1. The number of hydrogen-bond donors (Lipinski definition) is 1. The predicted molar refractivity (Wildman–Crippen MR) is 96.9 cm³/mol. The van der Waals surface area contributed by atoms with E-state index >= 15 is 0 Å². The first-order valence-corrected chi connectivity index (χ1v) is 10.3. The Balaban J connectivity index is 1.78. The van der Waals surface area contributed by atoms with Crippen molar-refractivity contribution in [1.82, 2.24) is 10.2 Å². The van der Waals surface area contributed by atoms with E-state index in [0.29, 0.717) is 17.8 Å². The van der Waals surface area contributed by atoms with E-state index in [1.54, 1.807) is 24.3 Å². The summed E-state index contributed by atoms with van der Waals surface area (Å²) in [6, 6.07) is 6.58. The molecule has 1 aliphatic heterocycles. The second-order valence-corrected chi connectivity index (χ2v) is 8.30. The predicted octanol–water partition coefficient (Wildman–Crippen LogP) is 1.69. The van der Waals surface area contributed by atoms with E-state index in [-0.39, 0.29) is 5.91 Å². The molecule has 0 aromatic heterocycles. The van der Waals surface area contributed by atoms with Gasteiger partial charge in [-0.3, -0.25) is 9.10 Å². The van der Waals surface area contributed by atoms with Gasteiger partial charge in [0.2, 0.25) is 10.0 Å². The molecule has 1 amide bonds. The Morgan fingerprint density at radius 3 is 2.38 bits per heavy atom. The van der Waals surface area contributed by atoms with Crippen LogP contribution in [0, 0.1) is 0 Å². The quantitative estimate of drug-likeness (QED) is 0.758. The molecule has 1 aromatic rings. The van der Waals surface area contributed by atoms with Gasteiger partial charge in [0.05, 0.1) is 11.9 Å². The Bertz CT molecular complexity index is 638. The van der Waals surface area contributed by atoms with Crippen LogP contribution in [0.15, 0.2) is 24.3 Å². The number of hydrogen-bond acceptors (Lipinski definition) is 4. The molecule has 0 spiro atoms. The van der Waals surface area contributed by atoms with Crippen molar-refractivity contribution in [3.05, 3.63) is 29.8 Å². The lowest BCUT2D eigenvalue weighted by molar-refractivity contribution is 0.0951. The number of rotatable bonds is 7. The van der Waals surface area contributed by atoms with Gasteiger partial charge >= 0.3 is 0 Å². The summed E-state index contributed by atoms with van der Waals surface area (Å²) in [6.07, 6.45) is 5.98. The second-order valence-electron chi connectivity index (χ2n) is 6.29. The fraction of sp³-hybridized carbons (Fsp3) is 0.588. The first kappa shape index (κ1) is 18.7. The third kappa shape index (κ3) is 5.49. The SMILES string of the molecule is CN(c1ccc(C(=O)NCCCN2CCCCC2)cc1)S(C)(=O)=O. The maximum absolute atomic E-state index is 12.1. The standard InChI is InChI=1S/C17H27N3O3S/c1-19(24(2,22)23)16-9-7-15(8-10-16)17(21)18-11-6-14-20-12-4-3-5-13-20/h7-10H,3-6,11-14H2,1-2H3,(H,18,21). The van der Waals surface area contributed by atoms with Crippen LogP contribution in [0.1, 0.15) is 36.0 Å². The zero-order valence-corrected chi connectivity index (χ0v) is 15.3. The summed E-state index contributed by atoms with van der Waals surface area (Å²) in [5, 5.41) is 2.92. The number of amides is 1. The van der Waals surface area contributed by atoms with Crippen LogP contribution in [-0.4, -0.2) is 58.7 Å². The number of nitrogens with zero attached hydrogens (tertiary/aromatic N) is 2. The first-order valence-electron chi connectivity index (χ1n) is 8.42. The maximum atomic E-state index is 12.1. The molecule has 1 aromatic carbocycles. The van der Waals surface area contributed by atoms with E-state index in [2.05, 4.69) is 10.2 Å². The molecule has 7 heteroatoms. The summed E-state index contributed by atoms with van der Waals surface area (Å²) in [5.74, 6) is -0.123. The smallest absolute Gasteiger partial charge is 0.251 e. The molecule has 1 fully saturated rings. The molecule has 0 unspecified atom stereocenters. The van der Waals surface area contributed by atoms with Crippen LogP contribution < -0.4 is 9.62 Å². The fourth-order valence-electron chi connectivity index (χ4n) is 2.80. The highest BCUT2D eigenvalue weighted by Crippen LogP contribution is 2.16. The normalized spacial score (nSPS) is 15.9. The van der Waals surface area contributed by atoms with Crippen LogP contribution in [0.3, 0.4) is 0 Å². The van der Waals surface area contributed by atoms with Crippen LogP contribution in [0.5, 0.6) is 0 Å². The fourth-order valence-corrected chi connectivity index (χ4v) is 3.31. The Morgan fingerprint density at radius 2 is 1.79 bits per heavy atom. The van der Waals surface area contributed by atoms with Crippen molar-refractivity contribution in [2.24, 2.45) is 0 Å². The first-order chi connectivity index (χ1) is 11.4. The van der Waals surface area contributed by atoms with E-state index in [1.165, 1.54) is 43.7 Å². The van der Waals surface area contributed by atoms with Gasteiger partial charge in [0, 0.05) is 19.2 Å². The minimum Gasteiger partial charge on any atom is -0.352 e. The third-order valence-corrected chi connectivity index (χ3v) is 5.58. The molecule has 0 atom stereocenters. The molecule has 2 rings (SSSR count). The lowest BCUT2D eigenvalue weighted by Gasteiger charge is -2.26. The van der Waals surface area contributed by atoms with Crippen molar-refractivity contribution in [2.75, 3.05) is 43.8 Å². The highest BCUT2D eigenvalue weighted by molar-refractivity contribution is 7.92. The van der Waals surface area contributed by atoms with Crippen molar-refractivity contribution in [3.8, 4) is 0 Å². The van der Waals surface area contributed by atoms with Crippen molar-refractivity contribution >= 4 is 21.6 Å². The topological polar surface area (TPSA) is 69.7 Å². The average molecular weight is 353 g/mol. The summed E-state index contributed by atoms with van der Waals surface area (Å²) in [7, 11) is -1.80. The Labute approximate surface area is 144 Å². The van der Waals surface area contributed by atoms with Crippen LogP contribution in [0.25, 0.3) is 0 Å². The Kier molecular flexibility index (Phi) is 6.62. The van der Waals surface area contributed by atoms with E-state index in [1.807, 2.05) is 0 Å². The Hall–Kier alpha value is -1.60. The lowest BCUT2D eigenvalue weighted by atomic mass is 10.1. The van der Waals surface area contributed by atoms with Crippen molar-refractivity contribution < 1.29 is 13.2 Å². The van der Waals surface area contributed by atoms with Gasteiger partial charge in [-0.2, -0.15) is 0 Å². The summed E-state index contributed by atoms with van der Waals surface area (Å²) in [5.41, 5.74) is 1.08. The Morgan fingerprint density at radius 1 is 1.17 bits per heavy atom. The van der Waals surface area contributed by atoms with Crippen LogP contribution >= 0.6 is 0 Å². The number of piperidine rings is 1. The molecule has 0 aliphatic carbocycles. The van der Waals surface area contributed by atoms with E-state index in [9.17, 15) is 13.2 Å². The molecule has 1 saturated heterocycles. The molecule has 0 bridgehead atoms. The zero-order chi connectivity index (χ0) is 17.6. The monoisotopic (exact) mass is 353 g/mol. The van der Waals surface area contributed by atoms with E-state index in [0.717, 1.165) is 19.2 Å². The van der Waals surface area contributed by atoms with Gasteiger partial charge in [0.1, 0.15) is 0 Å². The molecule has 134 valence electrons. The van der Waals surface area contributed by atoms with Gasteiger partial charge < -0.3 is 10.2 Å². The molecule has 0 saturated carbocycles. The highest BCUT2D eigenvalue weighted by atomic mass is 32.2. The summed E-state index contributed by atoms with van der Waals surface area (Å²) in [4.78, 5) is 14.6. The molecular weight excluding hydrogens is 326 g/mol. The third-order valence-electron chi connectivity index (χ3n) is 4.38. The molecule has 1 aliphatic rings. The summed E-state index contributed by atoms with van der Waals surface area (Å²) >= 11 is 0. The van der Waals surface area contributed by atoms with Crippen molar-refractivity contribution in [3.63, 3.8) is 0 Å².